The third kappa shape index (κ3) is 5.48. The molecule has 3 aromatic rings. The largest absolute Gasteiger partial charge is 0.490 e. The van der Waals surface area contributed by atoms with E-state index in [1.807, 2.05) is 32.9 Å². The number of aromatic nitrogens is 3. The van der Waals surface area contributed by atoms with Crippen LogP contribution in [0.4, 0.5) is 0 Å². The number of rotatable bonds is 9. The van der Waals surface area contributed by atoms with Crippen LogP contribution in [0.15, 0.2) is 28.9 Å². The van der Waals surface area contributed by atoms with Gasteiger partial charge in [0.25, 0.3) is 5.89 Å². The van der Waals surface area contributed by atoms with Gasteiger partial charge < -0.3 is 19.5 Å². The molecular weight excluding hydrogens is 394 g/mol. The summed E-state index contributed by atoms with van der Waals surface area (Å²) in [6.07, 6.45) is 2.54. The van der Waals surface area contributed by atoms with Gasteiger partial charge >= 0.3 is 0 Å². The molecule has 0 aliphatic heterocycles. The highest BCUT2D eigenvalue weighted by molar-refractivity contribution is 5.64. The molecule has 2 aromatic heterocycles. The van der Waals surface area contributed by atoms with Crippen molar-refractivity contribution in [1.82, 2.24) is 15.1 Å². The zero-order valence-corrected chi connectivity index (χ0v) is 18.8. The molecule has 31 heavy (non-hydrogen) atoms. The Morgan fingerprint density at radius 3 is 2.52 bits per heavy atom. The minimum Gasteiger partial charge on any atom is -0.490 e. The van der Waals surface area contributed by atoms with Crippen LogP contribution < -0.4 is 4.74 Å². The highest BCUT2D eigenvalue weighted by Gasteiger charge is 2.17. The normalized spacial score (nSPS) is 12.4. The molecule has 0 bridgehead atoms. The Hall–Kier alpha value is -2.77. The van der Waals surface area contributed by atoms with Crippen molar-refractivity contribution in [2.75, 3.05) is 13.2 Å². The SMILES string of the molecule is CCc1cc(-c2noc(-c3cnc(C)c(CC(C)C)c3)n2)cc(C)c1OC[C@@H](O)CO. The Morgan fingerprint density at radius 1 is 1.10 bits per heavy atom. The molecule has 0 spiro atoms. The van der Waals surface area contributed by atoms with Crippen LogP contribution in [0.25, 0.3) is 22.8 Å². The van der Waals surface area contributed by atoms with E-state index in [2.05, 4.69) is 35.0 Å². The van der Waals surface area contributed by atoms with Crippen LogP contribution in [0.5, 0.6) is 5.75 Å². The van der Waals surface area contributed by atoms with Crippen LogP contribution in [0.3, 0.4) is 0 Å². The monoisotopic (exact) mass is 425 g/mol. The van der Waals surface area contributed by atoms with E-state index in [9.17, 15) is 5.11 Å². The molecule has 7 heteroatoms. The molecule has 0 aliphatic carbocycles. The molecule has 166 valence electrons. The molecule has 0 amide bonds. The third-order valence-electron chi connectivity index (χ3n) is 5.11. The lowest BCUT2D eigenvalue weighted by atomic mass is 10.0. The second-order valence-corrected chi connectivity index (χ2v) is 8.27. The molecule has 2 N–H and O–H groups in total. The van der Waals surface area contributed by atoms with Gasteiger partial charge in [-0.05, 0) is 67.5 Å². The number of aryl methyl sites for hydroxylation is 3. The Bertz CT molecular complexity index is 1030. The highest BCUT2D eigenvalue weighted by atomic mass is 16.5. The number of nitrogens with zero attached hydrogens (tertiary/aromatic N) is 3. The van der Waals surface area contributed by atoms with Gasteiger partial charge in [0.05, 0.1) is 12.2 Å². The number of aliphatic hydroxyl groups is 2. The molecule has 0 fully saturated rings. The Kier molecular flexibility index (Phi) is 7.41. The van der Waals surface area contributed by atoms with Gasteiger partial charge in [0.2, 0.25) is 5.82 Å². The summed E-state index contributed by atoms with van der Waals surface area (Å²) in [5, 5.41) is 22.8. The smallest absolute Gasteiger partial charge is 0.259 e. The predicted molar refractivity (Wildman–Crippen MR) is 119 cm³/mol. The van der Waals surface area contributed by atoms with Crippen molar-refractivity contribution in [2.45, 2.75) is 53.6 Å². The molecule has 7 nitrogen and oxygen atoms in total. The maximum Gasteiger partial charge on any atom is 0.259 e. The van der Waals surface area contributed by atoms with E-state index >= 15 is 0 Å². The van der Waals surface area contributed by atoms with Crippen molar-refractivity contribution in [3.63, 3.8) is 0 Å². The summed E-state index contributed by atoms with van der Waals surface area (Å²) in [5.74, 6) is 2.18. The number of hydrogen-bond acceptors (Lipinski definition) is 7. The van der Waals surface area contributed by atoms with Crippen LogP contribution >= 0.6 is 0 Å². The summed E-state index contributed by atoms with van der Waals surface area (Å²) in [7, 11) is 0. The number of pyridine rings is 1. The minimum absolute atomic E-state index is 0.0369. The first-order valence-electron chi connectivity index (χ1n) is 10.7. The molecule has 3 rings (SSSR count). The first kappa shape index (κ1) is 22.9. The molecule has 0 radical (unpaired) electrons. The number of ether oxygens (including phenoxy) is 1. The average Bonchev–Trinajstić information content (AvgIpc) is 3.23. The lowest BCUT2D eigenvalue weighted by Crippen LogP contribution is -2.22. The second-order valence-electron chi connectivity index (χ2n) is 8.27. The minimum atomic E-state index is -0.910. The summed E-state index contributed by atoms with van der Waals surface area (Å²) in [6.45, 7) is 10.0. The summed E-state index contributed by atoms with van der Waals surface area (Å²) in [5.41, 5.74) is 5.72. The fraction of sp³-hybridized carbons (Fsp3) is 0.458. The van der Waals surface area contributed by atoms with Gasteiger partial charge in [-0.2, -0.15) is 4.98 Å². The maximum atomic E-state index is 9.59. The average molecular weight is 426 g/mol. The van der Waals surface area contributed by atoms with E-state index in [1.165, 1.54) is 5.56 Å². The van der Waals surface area contributed by atoms with Crippen molar-refractivity contribution >= 4 is 0 Å². The van der Waals surface area contributed by atoms with Crippen LogP contribution in [0, 0.1) is 19.8 Å². The van der Waals surface area contributed by atoms with Crippen LogP contribution in [-0.4, -0.2) is 44.7 Å². The van der Waals surface area contributed by atoms with E-state index in [0.29, 0.717) is 23.4 Å². The Balaban J connectivity index is 1.89. The standard InChI is InChI=1S/C24H31N3O4/c1-6-17-9-19(8-15(4)22(17)30-13-21(29)12-28)23-26-24(31-27-23)20-10-18(7-14(2)3)16(5)25-11-20/h8-11,14,21,28-29H,6-7,12-13H2,1-5H3/t21-/m0/s1. The molecule has 2 heterocycles. The fourth-order valence-corrected chi connectivity index (χ4v) is 3.48. The van der Waals surface area contributed by atoms with E-state index in [0.717, 1.165) is 40.8 Å². The Labute approximate surface area is 183 Å². The van der Waals surface area contributed by atoms with Crippen molar-refractivity contribution in [2.24, 2.45) is 5.92 Å². The van der Waals surface area contributed by atoms with Gasteiger partial charge in [0, 0.05) is 17.5 Å². The molecule has 0 saturated carbocycles. The molecule has 0 unspecified atom stereocenters. The van der Waals surface area contributed by atoms with Gasteiger partial charge in [-0.1, -0.05) is 25.9 Å². The molecule has 1 aromatic carbocycles. The number of aliphatic hydroxyl groups excluding tert-OH is 2. The Morgan fingerprint density at radius 2 is 1.84 bits per heavy atom. The summed E-state index contributed by atoms with van der Waals surface area (Å²) >= 11 is 0. The second kappa shape index (κ2) is 10.0. The molecule has 0 saturated heterocycles. The zero-order valence-electron chi connectivity index (χ0n) is 18.8. The highest BCUT2D eigenvalue weighted by Crippen LogP contribution is 2.31. The maximum absolute atomic E-state index is 9.59. The van der Waals surface area contributed by atoms with Gasteiger partial charge in [0.15, 0.2) is 0 Å². The topological polar surface area (TPSA) is 102 Å². The first-order chi connectivity index (χ1) is 14.8. The van der Waals surface area contributed by atoms with Crippen LogP contribution in [0.1, 0.15) is 43.2 Å². The third-order valence-corrected chi connectivity index (χ3v) is 5.11. The van der Waals surface area contributed by atoms with Gasteiger partial charge in [-0.25, -0.2) is 0 Å². The lowest BCUT2D eigenvalue weighted by molar-refractivity contribution is 0.0531. The van der Waals surface area contributed by atoms with E-state index in [1.54, 1.807) is 6.20 Å². The van der Waals surface area contributed by atoms with E-state index in [4.69, 9.17) is 14.4 Å². The first-order valence-corrected chi connectivity index (χ1v) is 10.7. The van der Waals surface area contributed by atoms with Crippen molar-refractivity contribution in [1.29, 1.82) is 0 Å². The molecular formula is C24H31N3O4. The van der Waals surface area contributed by atoms with Crippen LogP contribution in [0.2, 0.25) is 0 Å². The molecule has 0 aliphatic rings. The fourth-order valence-electron chi connectivity index (χ4n) is 3.48. The molecule has 1 atom stereocenters. The summed E-state index contributed by atoms with van der Waals surface area (Å²) < 4.78 is 11.3. The number of hydrogen-bond donors (Lipinski definition) is 2. The van der Waals surface area contributed by atoms with Gasteiger partial charge in [0.1, 0.15) is 18.5 Å². The summed E-state index contributed by atoms with van der Waals surface area (Å²) in [4.78, 5) is 9.11. The van der Waals surface area contributed by atoms with Crippen molar-refractivity contribution in [3.8, 4) is 28.6 Å². The van der Waals surface area contributed by atoms with Crippen LogP contribution in [-0.2, 0) is 12.8 Å². The number of benzene rings is 1. The van der Waals surface area contributed by atoms with Gasteiger partial charge in [-0.3, -0.25) is 4.98 Å². The predicted octanol–water partition coefficient (Wildman–Crippen LogP) is 3.91. The van der Waals surface area contributed by atoms with E-state index < -0.39 is 6.10 Å². The zero-order chi connectivity index (χ0) is 22.5. The quantitative estimate of drug-likeness (QED) is 0.536. The van der Waals surface area contributed by atoms with Crippen molar-refractivity contribution in [3.05, 3.63) is 46.8 Å². The summed E-state index contributed by atoms with van der Waals surface area (Å²) in [6, 6.07) is 5.98. The van der Waals surface area contributed by atoms with E-state index in [-0.39, 0.29) is 13.2 Å². The lowest BCUT2D eigenvalue weighted by Gasteiger charge is -2.16. The van der Waals surface area contributed by atoms with Crippen molar-refractivity contribution < 1.29 is 19.5 Å². The van der Waals surface area contributed by atoms with Gasteiger partial charge in [-0.15, -0.1) is 0 Å².